The average molecular weight is 204 g/mol. The quantitative estimate of drug-likeness (QED) is 0.552. The first-order valence-corrected chi connectivity index (χ1v) is 4.03. The fourth-order valence-electron chi connectivity index (χ4n) is 0.723. The van der Waals surface area contributed by atoms with E-state index in [1.807, 2.05) is 0 Å². The van der Waals surface area contributed by atoms with Crippen LogP contribution in [-0.2, 0) is 0 Å². The molecule has 0 heterocycles. The number of benzene rings is 1. The summed E-state index contributed by atoms with van der Waals surface area (Å²) in [7, 11) is 0. The van der Waals surface area contributed by atoms with Crippen molar-refractivity contribution in [3.63, 3.8) is 0 Å². The molecular formula is C8H7Cl2NO. The summed E-state index contributed by atoms with van der Waals surface area (Å²) in [6.45, 7) is 1.53. The van der Waals surface area contributed by atoms with Crippen LogP contribution in [0, 0.1) is 5.41 Å². The van der Waals surface area contributed by atoms with Crippen LogP contribution in [0.5, 0.6) is 5.75 Å². The van der Waals surface area contributed by atoms with E-state index < -0.39 is 0 Å². The van der Waals surface area contributed by atoms with Gasteiger partial charge in [0.25, 0.3) is 0 Å². The number of nitrogens with one attached hydrogen (secondary N) is 1. The second-order valence-corrected chi connectivity index (χ2v) is 3.08. The molecule has 4 heteroatoms. The lowest BCUT2D eigenvalue weighted by Gasteiger charge is -2.04. The van der Waals surface area contributed by atoms with Gasteiger partial charge in [0.1, 0.15) is 5.75 Å². The second-order valence-electron chi connectivity index (χ2n) is 2.23. The Morgan fingerprint density at radius 2 is 2.08 bits per heavy atom. The van der Waals surface area contributed by atoms with Crippen LogP contribution in [0.3, 0.4) is 0 Å². The highest BCUT2D eigenvalue weighted by molar-refractivity contribution is 6.35. The molecule has 0 aliphatic rings. The van der Waals surface area contributed by atoms with Gasteiger partial charge >= 0.3 is 0 Å². The molecule has 0 atom stereocenters. The normalized spacial score (nSPS) is 9.58. The Bertz CT molecular complexity index is 312. The van der Waals surface area contributed by atoms with Crippen LogP contribution < -0.4 is 4.74 Å². The van der Waals surface area contributed by atoms with E-state index in [1.54, 1.807) is 18.2 Å². The van der Waals surface area contributed by atoms with Crippen molar-refractivity contribution in [1.29, 1.82) is 5.41 Å². The van der Waals surface area contributed by atoms with Crippen LogP contribution in [0.25, 0.3) is 0 Å². The molecule has 0 amide bonds. The van der Waals surface area contributed by atoms with Crippen LogP contribution >= 0.6 is 23.2 Å². The Kier molecular flexibility index (Phi) is 2.95. The van der Waals surface area contributed by atoms with Gasteiger partial charge in [-0.1, -0.05) is 23.2 Å². The molecule has 0 aliphatic carbocycles. The first-order valence-electron chi connectivity index (χ1n) is 3.27. The summed E-state index contributed by atoms with van der Waals surface area (Å²) in [4.78, 5) is 0. The third kappa shape index (κ3) is 2.40. The number of rotatable bonds is 1. The highest BCUT2D eigenvalue weighted by atomic mass is 35.5. The van der Waals surface area contributed by atoms with Crippen LogP contribution in [-0.4, -0.2) is 5.90 Å². The lowest BCUT2D eigenvalue weighted by molar-refractivity contribution is 0.542. The predicted octanol–water partition coefficient (Wildman–Crippen LogP) is 3.37. The van der Waals surface area contributed by atoms with E-state index in [2.05, 4.69) is 0 Å². The fraction of sp³-hybridized carbons (Fsp3) is 0.125. The number of hydrogen-bond donors (Lipinski definition) is 1. The summed E-state index contributed by atoms with van der Waals surface area (Å²) >= 11 is 11.4. The summed E-state index contributed by atoms with van der Waals surface area (Å²) in [6.07, 6.45) is 0. The first kappa shape index (κ1) is 9.36. The molecule has 2 nitrogen and oxygen atoms in total. The summed E-state index contributed by atoms with van der Waals surface area (Å²) in [5.74, 6) is 0.549. The number of halogens is 2. The van der Waals surface area contributed by atoms with Gasteiger partial charge in [-0.25, -0.2) is 0 Å². The van der Waals surface area contributed by atoms with Gasteiger partial charge in [-0.3, -0.25) is 5.41 Å². The van der Waals surface area contributed by atoms with Crippen LogP contribution in [0.15, 0.2) is 18.2 Å². The van der Waals surface area contributed by atoms with Crippen molar-refractivity contribution in [2.45, 2.75) is 6.92 Å². The van der Waals surface area contributed by atoms with E-state index in [0.29, 0.717) is 15.8 Å². The van der Waals surface area contributed by atoms with Crippen molar-refractivity contribution < 1.29 is 4.74 Å². The maximum atomic E-state index is 7.07. The molecule has 0 fully saturated rings. The Labute approximate surface area is 80.6 Å². The SMILES string of the molecule is CC(=N)Oc1ccc(Cl)cc1Cl. The average Bonchev–Trinajstić information content (AvgIpc) is 1.94. The molecule has 12 heavy (non-hydrogen) atoms. The van der Waals surface area contributed by atoms with Crippen molar-refractivity contribution >= 4 is 29.1 Å². The Balaban J connectivity index is 2.93. The molecule has 0 saturated carbocycles. The molecule has 0 bridgehead atoms. The minimum absolute atomic E-state index is 0.0965. The summed E-state index contributed by atoms with van der Waals surface area (Å²) in [5, 5.41) is 8.03. The third-order valence-electron chi connectivity index (χ3n) is 1.16. The molecule has 0 spiro atoms. The second kappa shape index (κ2) is 3.78. The number of ether oxygens (including phenoxy) is 1. The number of hydrogen-bond acceptors (Lipinski definition) is 2. The highest BCUT2D eigenvalue weighted by Gasteiger charge is 2.02. The molecule has 0 aliphatic heterocycles. The zero-order chi connectivity index (χ0) is 9.14. The van der Waals surface area contributed by atoms with Crippen molar-refractivity contribution in [3.05, 3.63) is 28.2 Å². The summed E-state index contributed by atoms with van der Waals surface area (Å²) < 4.78 is 4.99. The zero-order valence-electron chi connectivity index (χ0n) is 6.40. The highest BCUT2D eigenvalue weighted by Crippen LogP contribution is 2.27. The molecule has 0 saturated heterocycles. The van der Waals surface area contributed by atoms with Crippen LogP contribution in [0.1, 0.15) is 6.92 Å². The maximum absolute atomic E-state index is 7.07. The Morgan fingerprint density at radius 1 is 1.42 bits per heavy atom. The van der Waals surface area contributed by atoms with E-state index in [-0.39, 0.29) is 5.90 Å². The van der Waals surface area contributed by atoms with Crippen molar-refractivity contribution in [2.75, 3.05) is 0 Å². The summed E-state index contributed by atoms with van der Waals surface area (Å²) in [6, 6.07) is 4.86. The van der Waals surface area contributed by atoms with Gasteiger partial charge in [0.05, 0.1) is 5.02 Å². The smallest absolute Gasteiger partial charge is 0.184 e. The first-order chi connectivity index (χ1) is 5.59. The van der Waals surface area contributed by atoms with Crippen LogP contribution in [0.2, 0.25) is 10.0 Å². The third-order valence-corrected chi connectivity index (χ3v) is 1.69. The maximum Gasteiger partial charge on any atom is 0.184 e. The van der Waals surface area contributed by atoms with Gasteiger partial charge in [0.15, 0.2) is 5.90 Å². The molecule has 1 aromatic carbocycles. The van der Waals surface area contributed by atoms with Gasteiger partial charge in [0.2, 0.25) is 0 Å². The Hall–Kier alpha value is -0.730. The molecule has 1 aromatic rings. The van der Waals surface area contributed by atoms with Crippen LogP contribution in [0.4, 0.5) is 0 Å². The fourth-order valence-corrected chi connectivity index (χ4v) is 1.17. The summed E-state index contributed by atoms with van der Waals surface area (Å²) in [5.41, 5.74) is 0. The lowest BCUT2D eigenvalue weighted by atomic mass is 10.3. The molecule has 0 unspecified atom stereocenters. The molecular weight excluding hydrogens is 197 g/mol. The van der Waals surface area contributed by atoms with Gasteiger partial charge < -0.3 is 4.74 Å². The van der Waals surface area contributed by atoms with E-state index >= 15 is 0 Å². The molecule has 1 rings (SSSR count). The monoisotopic (exact) mass is 203 g/mol. The van der Waals surface area contributed by atoms with Crippen molar-refractivity contribution in [3.8, 4) is 5.75 Å². The Morgan fingerprint density at radius 3 is 2.58 bits per heavy atom. The molecule has 1 N–H and O–H groups in total. The van der Waals surface area contributed by atoms with Crippen molar-refractivity contribution in [1.82, 2.24) is 0 Å². The topological polar surface area (TPSA) is 33.1 Å². The minimum Gasteiger partial charge on any atom is -0.442 e. The van der Waals surface area contributed by atoms with E-state index in [9.17, 15) is 0 Å². The molecule has 64 valence electrons. The standard InChI is InChI=1S/C8H7Cl2NO/c1-5(11)12-8-3-2-6(9)4-7(8)10/h2-4,11H,1H3. The van der Waals surface area contributed by atoms with Crippen molar-refractivity contribution in [2.24, 2.45) is 0 Å². The zero-order valence-corrected chi connectivity index (χ0v) is 7.91. The largest absolute Gasteiger partial charge is 0.442 e. The molecule has 0 radical (unpaired) electrons. The van der Waals surface area contributed by atoms with E-state index in [1.165, 1.54) is 6.92 Å². The van der Waals surface area contributed by atoms with E-state index in [0.717, 1.165) is 0 Å². The minimum atomic E-state index is 0.0965. The van der Waals surface area contributed by atoms with Gasteiger partial charge in [-0.2, -0.15) is 0 Å². The molecule has 0 aromatic heterocycles. The predicted molar refractivity (Wildman–Crippen MR) is 50.5 cm³/mol. The van der Waals surface area contributed by atoms with Gasteiger partial charge in [-0.15, -0.1) is 0 Å². The van der Waals surface area contributed by atoms with E-state index in [4.69, 9.17) is 33.3 Å². The van der Waals surface area contributed by atoms with Gasteiger partial charge in [0, 0.05) is 11.9 Å². The lowest BCUT2D eigenvalue weighted by Crippen LogP contribution is -2.00. The van der Waals surface area contributed by atoms with Gasteiger partial charge in [-0.05, 0) is 18.2 Å².